The molecule has 0 spiro atoms. The number of carbonyl (C=O) groups is 8. The van der Waals surface area contributed by atoms with Crippen LogP contribution in [0.2, 0.25) is 10.0 Å². The number of Topliss-reactive ketones (excluding diaryl/α,β-unsaturated/α-hetero) is 1. The van der Waals surface area contributed by atoms with Gasteiger partial charge in [-0.15, -0.1) is 0 Å². The molecule has 35 nitrogen and oxygen atoms in total. The zero-order chi connectivity index (χ0) is 82.7. The first-order chi connectivity index (χ1) is 53.2. The lowest BCUT2D eigenvalue weighted by atomic mass is 9.86. The predicted octanol–water partition coefficient (Wildman–Crippen LogP) is 1.30. The van der Waals surface area contributed by atoms with Gasteiger partial charge in [-0.3, -0.25) is 43.3 Å². The number of likely N-dealkylation sites (N-methyl/N-ethyl adjacent to an activating group) is 1. The molecule has 113 heavy (non-hydrogen) atoms. The summed E-state index contributed by atoms with van der Waals surface area (Å²) in [6.45, 7) is 6.13. The number of hydrogen-bond donors (Lipinski definition) is 20. The molecule has 10 unspecified atom stereocenters. The van der Waals surface area contributed by atoms with E-state index in [0.717, 1.165) is 79.7 Å². The second-order valence-electron chi connectivity index (χ2n) is 28.4. The van der Waals surface area contributed by atoms with E-state index in [1.165, 1.54) is 45.2 Å². The highest BCUT2D eigenvalue weighted by Crippen LogP contribution is 2.49. The van der Waals surface area contributed by atoms with E-state index in [2.05, 4.69) is 42.2 Å². The Bertz CT molecular complexity index is 4540. The molecular weight excluding hydrogens is 1570 g/mol. The highest BCUT2D eigenvalue weighted by molar-refractivity contribution is 6.57. The van der Waals surface area contributed by atoms with Gasteiger partial charge in [0.25, 0.3) is 0 Å². The lowest BCUT2D eigenvalue weighted by molar-refractivity contribution is -0.333. The van der Waals surface area contributed by atoms with Gasteiger partial charge in [-0.05, 0) is 141 Å². The number of phenolic OH excluding ortho intramolecular Hbond substituents is 3. The highest BCUT2D eigenvalue weighted by atomic mass is 35.5. The maximum absolute atomic E-state index is 16.1. The van der Waals surface area contributed by atoms with Gasteiger partial charge >= 0.3 is 0 Å². The van der Waals surface area contributed by atoms with Crippen molar-refractivity contribution in [1.82, 2.24) is 37.2 Å². The van der Waals surface area contributed by atoms with Crippen LogP contribution in [0.3, 0.4) is 0 Å². The fourth-order valence-corrected chi connectivity index (χ4v) is 14.1. The summed E-state index contributed by atoms with van der Waals surface area (Å²) in [5, 5.41) is 142. The summed E-state index contributed by atoms with van der Waals surface area (Å²) in [6, 6.07) is 0.886. The number of nitrogens with two attached hydrogens (primary N) is 2. The van der Waals surface area contributed by atoms with E-state index >= 15 is 19.2 Å². The number of fused-ring (bicyclic) bond motifs is 16. The zero-order valence-corrected chi connectivity index (χ0v) is 63.9. The van der Waals surface area contributed by atoms with Gasteiger partial charge in [0.05, 0.1) is 69.2 Å². The number of amides is 7. The lowest BCUT2D eigenvalue weighted by Gasteiger charge is -2.47. The maximum atomic E-state index is 16.1. The van der Waals surface area contributed by atoms with Crippen LogP contribution in [0.25, 0.3) is 0 Å². The molecule has 18 atom stereocenters. The number of allylic oxidation sites excluding steroid dienone is 4. The van der Waals surface area contributed by atoms with Gasteiger partial charge in [-0.2, -0.15) is 0 Å². The number of aliphatic hydroxyl groups excluding tert-OH is 6. The van der Waals surface area contributed by atoms with Crippen LogP contribution in [-0.4, -0.2) is 208 Å². The summed E-state index contributed by atoms with van der Waals surface area (Å²) in [6.07, 6.45) is -16.8. The van der Waals surface area contributed by atoms with E-state index in [9.17, 15) is 75.3 Å². The van der Waals surface area contributed by atoms with Crippen LogP contribution in [0.4, 0.5) is 0 Å². The van der Waals surface area contributed by atoms with Gasteiger partial charge in [-0.1, -0.05) is 84.5 Å². The first kappa shape index (κ1) is 86.1. The first-order valence-corrected chi connectivity index (χ1v) is 36.6. The molecule has 5 aromatic carbocycles. The highest BCUT2D eigenvalue weighted by Gasteiger charge is 2.52. The number of halogens is 4. The zero-order valence-electron chi connectivity index (χ0n) is 60.9. The second kappa shape index (κ2) is 35.6. The second-order valence-corrected chi connectivity index (χ2v) is 30.1. The molecule has 7 amide bonds. The Hall–Kier alpha value is -9.35. The Balaban J connectivity index is 1.17. The molecule has 608 valence electrons. The number of nitrogens with zero attached hydrogens (tertiary/aromatic N) is 1. The SMILES string of the molecule is CN[C@H](CC(C)C)C(=O)N[C@H]1C(=O)N[C@@H](CC(N)=O)C(=O)N[C@H]2C(=O)N[C@H](c3ccc(O)cc3)C(=O)N[C@H](C(=O)NC(c3cc(O)c(CN=C4C=C(Cl)C(=O)C(Cl)=C4)c(O)c3)C(O)O)[C@](C)(O)c3ccc(c(Cl)c3)Oc3cc2cc(c3OC2OC(CO)C(O)C(O)C2OC2CC(C)(N)C(O)C(C)O2)Oc2ccc(cc2Cl)[C@H]1O. The van der Waals surface area contributed by atoms with Crippen LogP contribution >= 0.6 is 46.4 Å². The third kappa shape index (κ3) is 19.5. The molecule has 0 radical (unpaired) electrons. The van der Waals surface area contributed by atoms with E-state index in [0.29, 0.717) is 0 Å². The number of benzene rings is 5. The molecule has 39 heteroatoms. The smallest absolute Gasteiger partial charge is 0.248 e. The summed E-state index contributed by atoms with van der Waals surface area (Å²) in [7, 11) is 1.47. The number of primary amides is 1. The largest absolute Gasteiger partial charge is 0.508 e. The minimum atomic E-state index is -2.79. The minimum Gasteiger partial charge on any atom is -0.508 e. The number of hydrogen-bond acceptors (Lipinski definition) is 28. The third-order valence-electron chi connectivity index (χ3n) is 19.4. The normalized spacial score (nSPS) is 28.2. The van der Waals surface area contributed by atoms with Crippen molar-refractivity contribution in [1.29, 1.82) is 0 Å². The molecule has 6 aliphatic heterocycles. The number of phenols is 3. The molecule has 0 aromatic heterocycles. The fraction of sp³-hybridized carbons (Fsp3) is 0.419. The summed E-state index contributed by atoms with van der Waals surface area (Å²) in [5.41, 5.74) is 6.24. The quantitative estimate of drug-likeness (QED) is 0.0409. The molecule has 0 saturated carbocycles. The standard InChI is InChI=1S/C74H84Cl4N10O25/c1-28(2)15-42(81-6)65(99)87-56-57(94)31-9-13-46(38(75)16-31)109-48-19-33-20-49(61(48)113-72-62(60(97)59(96)50(27-89)111-72)112-52-25-73(4,80)64(98)29(3)108-52)110-47-14-10-34(21-39(47)76)74(5,107)63(70(104)86-55(71(105)106)32-17-44(91)37(45(92)18-32)26-82-35-22-40(77)58(95)41(78)23-35)88-68(102)53(30-7-11-36(90)12-8-30)85-67(101)54(33)84-66(100)43(24-51(79)93)83-69(56)103/h7-14,16-23,28-29,42-43,50,52-57,59-60,62-64,71-72,81,89-92,94,96-98,105-107H,15,24-27,80H2,1-6H3,(H2,79,93)(H,83,103)(H,84,100)(H,85,101)(H,86,104)(H,87,99)(H,88,102)/t29?,42-,43+,50?,52?,53-,54-,55?,56-,57-,59?,60?,62?,63-,64?,72?,73?,74-/m1/s1. The van der Waals surface area contributed by atoms with Crippen LogP contribution in [0.1, 0.15) is 111 Å². The van der Waals surface area contributed by atoms with Gasteiger partial charge in [-0.25, -0.2) is 0 Å². The number of ether oxygens (including phenoxy) is 6. The summed E-state index contributed by atoms with van der Waals surface area (Å²) < 4.78 is 38.5. The predicted molar refractivity (Wildman–Crippen MR) is 400 cm³/mol. The number of ketones is 1. The molecular formula is C74H84Cl4N10O25. The first-order valence-electron chi connectivity index (χ1n) is 35.1. The van der Waals surface area contributed by atoms with E-state index < -0.39 is 238 Å². The number of aliphatic imine (C=N–C) groups is 1. The molecule has 7 aliphatic rings. The van der Waals surface area contributed by atoms with Crippen LogP contribution in [-0.2, 0) is 64.7 Å². The number of aromatic hydroxyl groups is 3. The van der Waals surface area contributed by atoms with Crippen molar-refractivity contribution < 1.29 is 123 Å². The summed E-state index contributed by atoms with van der Waals surface area (Å²) >= 11 is 26.3. The van der Waals surface area contributed by atoms with Crippen LogP contribution in [0.15, 0.2) is 112 Å². The van der Waals surface area contributed by atoms with Crippen molar-refractivity contribution in [3.63, 3.8) is 0 Å². The van der Waals surface area contributed by atoms with Gasteiger partial charge in [0.15, 0.2) is 30.2 Å². The van der Waals surface area contributed by atoms with Gasteiger partial charge in [0, 0.05) is 12.0 Å². The van der Waals surface area contributed by atoms with Crippen molar-refractivity contribution in [2.75, 3.05) is 13.7 Å². The molecule has 22 N–H and O–H groups in total. The average Bonchev–Trinajstić information content (AvgIpc) is 0.764. The summed E-state index contributed by atoms with van der Waals surface area (Å²) in [4.78, 5) is 121. The number of carbonyl (C=O) groups excluding carboxylic acids is 8. The Labute approximate surface area is 664 Å². The number of rotatable bonds is 19. The Morgan fingerprint density at radius 1 is 0.735 bits per heavy atom. The Kier molecular flexibility index (Phi) is 27.1. The third-order valence-corrected chi connectivity index (χ3v) is 20.6. The van der Waals surface area contributed by atoms with Crippen molar-refractivity contribution in [2.24, 2.45) is 22.4 Å². The molecule has 12 rings (SSSR count). The molecule has 7 bridgehead atoms. The number of aliphatic hydroxyl groups is 8. The minimum absolute atomic E-state index is 0.0541. The van der Waals surface area contributed by atoms with E-state index in [4.69, 9.17) is 86.3 Å². The molecule has 2 saturated heterocycles. The van der Waals surface area contributed by atoms with Crippen LogP contribution in [0, 0.1) is 5.92 Å². The van der Waals surface area contributed by atoms with Gasteiger partial charge in [0.2, 0.25) is 59.2 Å². The van der Waals surface area contributed by atoms with Gasteiger partial charge in [0.1, 0.15) is 95.0 Å². The van der Waals surface area contributed by atoms with E-state index in [-0.39, 0.29) is 67.6 Å². The van der Waals surface area contributed by atoms with Crippen LogP contribution in [0.5, 0.6) is 46.0 Å². The van der Waals surface area contributed by atoms with Crippen molar-refractivity contribution in [3.05, 3.63) is 151 Å². The molecule has 2 fully saturated rings. The maximum Gasteiger partial charge on any atom is 0.248 e. The molecule has 6 heterocycles. The van der Waals surface area contributed by atoms with Crippen molar-refractivity contribution in [3.8, 4) is 46.0 Å². The fourth-order valence-electron chi connectivity index (χ4n) is 13.2. The van der Waals surface area contributed by atoms with Crippen molar-refractivity contribution >= 4 is 99.2 Å². The van der Waals surface area contributed by atoms with E-state index in [1.807, 2.05) is 13.8 Å². The molecule has 1 aliphatic carbocycles. The van der Waals surface area contributed by atoms with E-state index in [1.54, 1.807) is 0 Å². The topological polar surface area (TPSA) is 563 Å². The monoisotopic (exact) mass is 1650 g/mol. The average molecular weight is 1660 g/mol. The lowest BCUT2D eigenvalue weighted by Crippen LogP contribution is -2.64. The summed E-state index contributed by atoms with van der Waals surface area (Å²) in [5.74, 6) is -14.5. The molecule has 5 aromatic rings. The Morgan fingerprint density at radius 2 is 1.32 bits per heavy atom. The van der Waals surface area contributed by atoms with Crippen molar-refractivity contribution in [2.45, 2.75) is 175 Å². The Morgan fingerprint density at radius 3 is 1.88 bits per heavy atom. The van der Waals surface area contributed by atoms with Gasteiger partial charge < -0.3 is 133 Å². The van der Waals surface area contributed by atoms with Crippen LogP contribution < -0.4 is 62.9 Å². The number of nitrogens with one attached hydrogen (secondary N) is 7.